The van der Waals surface area contributed by atoms with Gasteiger partial charge in [0.15, 0.2) is 11.4 Å². The zero-order valence-corrected chi connectivity index (χ0v) is 22.2. The molecular formula is C23H26Cl2FN3O7. The Kier molecular flexibility index (Phi) is 8.74. The second-order valence-corrected chi connectivity index (χ2v) is 10.3. The van der Waals surface area contributed by atoms with Crippen LogP contribution in [-0.2, 0) is 9.47 Å². The fraction of sp³-hybridized carbons (Fsp3) is 0.435. The van der Waals surface area contributed by atoms with Gasteiger partial charge in [-0.15, -0.1) is 10.2 Å². The molecule has 1 aromatic carbocycles. The van der Waals surface area contributed by atoms with Crippen LogP contribution in [-0.4, -0.2) is 44.7 Å². The predicted octanol–water partition coefficient (Wildman–Crippen LogP) is 6.44. The quantitative estimate of drug-likeness (QED) is 0.422. The van der Waals surface area contributed by atoms with Crippen LogP contribution in [0, 0.1) is 5.82 Å². The number of benzene rings is 1. The molecule has 2 amide bonds. The van der Waals surface area contributed by atoms with Crippen LogP contribution in [0.15, 0.2) is 18.2 Å². The molecular weight excluding hydrogens is 520 g/mol. The topological polar surface area (TPSA) is 128 Å². The summed E-state index contributed by atoms with van der Waals surface area (Å²) in [6.45, 7) is 10.9. The molecule has 0 aliphatic rings. The summed E-state index contributed by atoms with van der Waals surface area (Å²) < 4.78 is 30.5. The summed E-state index contributed by atoms with van der Waals surface area (Å²) in [5.74, 6) is -3.15. The zero-order chi connectivity index (χ0) is 27.6. The number of carboxylic acids is 1. The van der Waals surface area contributed by atoms with Crippen LogP contribution in [0.4, 0.5) is 19.8 Å². The Bertz CT molecular complexity index is 1150. The predicted molar refractivity (Wildman–Crippen MR) is 129 cm³/mol. The lowest BCUT2D eigenvalue weighted by atomic mass is 10.1. The number of carbonyl (C=O) groups excluding carboxylic acids is 2. The molecule has 0 aliphatic heterocycles. The number of carbonyl (C=O) groups is 3. The van der Waals surface area contributed by atoms with E-state index in [1.54, 1.807) is 41.5 Å². The number of amides is 2. The first-order valence-corrected chi connectivity index (χ1v) is 11.3. The van der Waals surface area contributed by atoms with Gasteiger partial charge in [0.1, 0.15) is 23.1 Å². The fourth-order valence-corrected chi connectivity index (χ4v) is 3.42. The number of rotatable bonds is 5. The normalized spacial score (nSPS) is 12.5. The summed E-state index contributed by atoms with van der Waals surface area (Å²) in [6.07, 6.45) is -3.47. The van der Waals surface area contributed by atoms with Crippen molar-refractivity contribution in [1.82, 2.24) is 10.2 Å². The van der Waals surface area contributed by atoms with E-state index >= 15 is 0 Å². The maximum absolute atomic E-state index is 14.1. The Morgan fingerprint density at radius 2 is 1.53 bits per heavy atom. The third-order valence-corrected chi connectivity index (χ3v) is 4.83. The number of hydrogen-bond acceptors (Lipinski definition) is 8. The highest BCUT2D eigenvalue weighted by Crippen LogP contribution is 2.38. The maximum atomic E-state index is 14.1. The average molecular weight is 546 g/mol. The average Bonchev–Trinajstić information content (AvgIpc) is 2.69. The summed E-state index contributed by atoms with van der Waals surface area (Å²) in [4.78, 5) is 38.0. The van der Waals surface area contributed by atoms with Gasteiger partial charge in [-0.3, -0.25) is 0 Å². The van der Waals surface area contributed by atoms with Crippen molar-refractivity contribution in [1.29, 1.82) is 0 Å². The van der Waals surface area contributed by atoms with Gasteiger partial charge in [0.2, 0.25) is 5.82 Å². The van der Waals surface area contributed by atoms with E-state index in [0.29, 0.717) is 4.90 Å². The van der Waals surface area contributed by atoms with E-state index in [1.165, 1.54) is 13.0 Å². The third kappa shape index (κ3) is 7.41. The van der Waals surface area contributed by atoms with Crippen molar-refractivity contribution >= 4 is 47.2 Å². The van der Waals surface area contributed by atoms with Gasteiger partial charge in [0.05, 0.1) is 5.02 Å². The second kappa shape index (κ2) is 10.8. The molecule has 0 saturated heterocycles. The minimum atomic E-state index is -1.46. The summed E-state index contributed by atoms with van der Waals surface area (Å²) in [7, 11) is 0. The molecule has 2 rings (SSSR count). The Morgan fingerprint density at radius 3 is 2.00 bits per heavy atom. The highest BCUT2D eigenvalue weighted by molar-refractivity contribution is 6.36. The number of aromatic carboxylic acids is 1. The van der Waals surface area contributed by atoms with Crippen molar-refractivity contribution in [3.05, 3.63) is 45.3 Å². The van der Waals surface area contributed by atoms with Gasteiger partial charge in [-0.2, -0.15) is 4.90 Å². The Morgan fingerprint density at radius 1 is 1.00 bits per heavy atom. The molecule has 36 heavy (non-hydrogen) atoms. The Hall–Kier alpha value is -3.18. The maximum Gasteiger partial charge on any atom is 0.425 e. The van der Waals surface area contributed by atoms with Crippen LogP contribution in [0.1, 0.15) is 70.6 Å². The summed E-state index contributed by atoms with van der Waals surface area (Å²) in [5, 5.41) is 16.4. The molecule has 13 heteroatoms. The van der Waals surface area contributed by atoms with Crippen molar-refractivity contribution < 1.29 is 38.1 Å². The first kappa shape index (κ1) is 29.1. The molecule has 1 N–H and O–H groups in total. The van der Waals surface area contributed by atoms with E-state index in [-0.39, 0.29) is 21.4 Å². The largest absolute Gasteiger partial charge is 0.482 e. The zero-order valence-electron chi connectivity index (χ0n) is 20.7. The first-order valence-electron chi connectivity index (χ1n) is 10.6. The number of nitrogens with zero attached hydrogens (tertiary/aromatic N) is 3. The van der Waals surface area contributed by atoms with Crippen molar-refractivity contribution in [2.75, 3.05) is 4.90 Å². The Balaban J connectivity index is 2.67. The van der Waals surface area contributed by atoms with Crippen molar-refractivity contribution in [3.8, 4) is 5.75 Å². The number of hydrogen-bond donors (Lipinski definition) is 1. The standard InChI is InChI=1S/C23H26Cl2FN3O7/c1-11(16-12(24)8-9-13(26)17(16)25)34-15-10-14(19(30)31)27-28-18(15)29(20(32)35-22(2,3)4)21(33)36-23(5,6)7/h8-11H,1-7H3,(H,30,31)/t11-/m0/s1. The molecule has 196 valence electrons. The lowest BCUT2D eigenvalue weighted by molar-refractivity contribution is 0.0425. The smallest absolute Gasteiger partial charge is 0.425 e. The van der Waals surface area contributed by atoms with Crippen LogP contribution in [0.2, 0.25) is 10.0 Å². The van der Waals surface area contributed by atoms with E-state index in [9.17, 15) is 23.9 Å². The minimum Gasteiger partial charge on any atom is -0.482 e. The highest BCUT2D eigenvalue weighted by atomic mass is 35.5. The molecule has 2 aromatic rings. The molecule has 10 nitrogen and oxygen atoms in total. The SMILES string of the molecule is C[C@H](Oc1cc(C(=O)O)nnc1N(C(=O)OC(C)(C)C)C(=O)OC(C)(C)C)c1c(Cl)ccc(F)c1Cl. The van der Waals surface area contributed by atoms with Crippen molar-refractivity contribution in [2.24, 2.45) is 0 Å². The van der Waals surface area contributed by atoms with Crippen LogP contribution in [0.3, 0.4) is 0 Å². The van der Waals surface area contributed by atoms with Crippen LogP contribution in [0.5, 0.6) is 5.75 Å². The number of aromatic nitrogens is 2. The van der Waals surface area contributed by atoms with E-state index in [2.05, 4.69) is 10.2 Å². The molecule has 0 spiro atoms. The lowest BCUT2D eigenvalue weighted by Gasteiger charge is -2.29. The van der Waals surface area contributed by atoms with Crippen LogP contribution in [0.25, 0.3) is 0 Å². The monoisotopic (exact) mass is 545 g/mol. The van der Waals surface area contributed by atoms with E-state index in [4.69, 9.17) is 37.4 Å². The molecule has 0 saturated carbocycles. The van der Waals surface area contributed by atoms with Crippen LogP contribution >= 0.6 is 23.2 Å². The molecule has 0 aliphatic carbocycles. The van der Waals surface area contributed by atoms with Gasteiger partial charge in [0, 0.05) is 16.7 Å². The summed E-state index contributed by atoms with van der Waals surface area (Å²) in [6, 6.07) is 3.26. The number of halogens is 3. The molecule has 0 fully saturated rings. The lowest BCUT2D eigenvalue weighted by Crippen LogP contribution is -2.44. The van der Waals surface area contributed by atoms with Gasteiger partial charge < -0.3 is 19.3 Å². The van der Waals surface area contributed by atoms with E-state index in [1.807, 2.05) is 0 Å². The second-order valence-electron chi connectivity index (χ2n) is 9.54. The highest BCUT2D eigenvalue weighted by Gasteiger charge is 2.37. The summed E-state index contributed by atoms with van der Waals surface area (Å²) >= 11 is 12.3. The molecule has 1 heterocycles. The van der Waals surface area contributed by atoms with Gasteiger partial charge in [-0.25, -0.2) is 18.8 Å². The van der Waals surface area contributed by atoms with Crippen LogP contribution < -0.4 is 9.64 Å². The molecule has 0 radical (unpaired) electrons. The third-order valence-electron chi connectivity index (χ3n) is 4.11. The molecule has 1 aromatic heterocycles. The molecule has 1 atom stereocenters. The van der Waals surface area contributed by atoms with Gasteiger partial charge >= 0.3 is 18.2 Å². The van der Waals surface area contributed by atoms with Gasteiger partial charge in [-0.1, -0.05) is 23.2 Å². The fourth-order valence-electron chi connectivity index (χ4n) is 2.74. The number of imide groups is 1. The first-order chi connectivity index (χ1) is 16.4. The molecule has 0 unspecified atom stereocenters. The number of carboxylic acid groups (broad SMARTS) is 1. The number of ether oxygens (including phenoxy) is 3. The minimum absolute atomic E-state index is 0.0408. The van der Waals surface area contributed by atoms with Gasteiger partial charge in [0.25, 0.3) is 0 Å². The van der Waals surface area contributed by atoms with E-state index < -0.39 is 52.8 Å². The Labute approximate surface area is 217 Å². The number of anilines is 1. The molecule has 0 bridgehead atoms. The van der Waals surface area contributed by atoms with E-state index in [0.717, 1.165) is 12.1 Å². The van der Waals surface area contributed by atoms with Gasteiger partial charge in [-0.05, 0) is 60.6 Å². The van der Waals surface area contributed by atoms with Crippen molar-refractivity contribution in [2.45, 2.75) is 65.8 Å². The summed E-state index contributed by atoms with van der Waals surface area (Å²) in [5.41, 5.74) is -2.57. The van der Waals surface area contributed by atoms with Crippen molar-refractivity contribution in [3.63, 3.8) is 0 Å².